The number of carbonyl (C=O) groups excluding carboxylic acids is 2. The van der Waals surface area contributed by atoms with Crippen LogP contribution in [0.15, 0.2) is 50.9 Å². The summed E-state index contributed by atoms with van der Waals surface area (Å²) in [6.45, 7) is 1.14. The molecule has 2 aromatic rings. The summed E-state index contributed by atoms with van der Waals surface area (Å²) < 4.78 is 26.9. The van der Waals surface area contributed by atoms with Crippen molar-refractivity contribution >= 4 is 44.9 Å². The molecule has 1 aromatic carbocycles. The fraction of sp³-hybridized carbons (Fsp3) is 0.294. The van der Waals surface area contributed by atoms with Crippen molar-refractivity contribution < 1.29 is 18.0 Å². The number of nitrogens with zero attached hydrogens (tertiary/aromatic N) is 2. The number of thioether (sulfide) groups is 1. The third kappa shape index (κ3) is 4.52. The Balaban J connectivity index is 1.68. The van der Waals surface area contributed by atoms with Crippen molar-refractivity contribution in [1.29, 1.82) is 0 Å². The number of carbonyl (C=O) groups is 2. The van der Waals surface area contributed by atoms with Gasteiger partial charge in [-0.1, -0.05) is 18.2 Å². The van der Waals surface area contributed by atoms with E-state index in [-0.39, 0.29) is 24.7 Å². The van der Waals surface area contributed by atoms with Crippen LogP contribution in [-0.4, -0.2) is 61.4 Å². The molecule has 10 heteroatoms. The normalized spacial score (nSPS) is 15.6. The summed E-state index contributed by atoms with van der Waals surface area (Å²) in [6, 6.07) is 10.3. The highest BCUT2D eigenvalue weighted by Crippen LogP contribution is 2.25. The number of rotatable bonds is 6. The largest absolute Gasteiger partial charge is 0.369 e. The lowest BCUT2D eigenvalue weighted by Gasteiger charge is -2.34. The number of piperazine rings is 1. The molecule has 0 spiro atoms. The molecule has 1 aliphatic heterocycles. The molecule has 7 nitrogen and oxygen atoms in total. The molecule has 1 fully saturated rings. The summed E-state index contributed by atoms with van der Waals surface area (Å²) in [7, 11) is -3.50. The lowest BCUT2D eigenvalue weighted by Crippen LogP contribution is -2.50. The van der Waals surface area contributed by atoms with E-state index in [4.69, 9.17) is 5.73 Å². The zero-order chi connectivity index (χ0) is 19.4. The minimum absolute atomic E-state index is 0.0944. The van der Waals surface area contributed by atoms with Gasteiger partial charge < -0.3 is 10.6 Å². The smallest absolute Gasteiger partial charge is 0.255 e. The van der Waals surface area contributed by atoms with E-state index in [1.807, 2.05) is 0 Å². The molecular weight excluding hydrogens is 406 g/mol. The number of benzene rings is 1. The summed E-state index contributed by atoms with van der Waals surface area (Å²) in [6.07, 6.45) is 0. The average Bonchev–Trinajstić information content (AvgIpc) is 3.22. The van der Waals surface area contributed by atoms with Gasteiger partial charge in [0.05, 0.1) is 11.3 Å². The third-order valence-corrected chi connectivity index (χ3v) is 8.47. The van der Waals surface area contributed by atoms with Crippen LogP contribution in [0.2, 0.25) is 0 Å². The Morgan fingerprint density at radius 1 is 1.07 bits per heavy atom. The van der Waals surface area contributed by atoms with Gasteiger partial charge in [-0.05, 0) is 23.6 Å². The van der Waals surface area contributed by atoms with Crippen molar-refractivity contribution in [1.82, 2.24) is 9.21 Å². The monoisotopic (exact) mass is 425 g/mol. The molecule has 0 radical (unpaired) electrons. The van der Waals surface area contributed by atoms with Gasteiger partial charge in [-0.15, -0.1) is 23.1 Å². The maximum atomic E-state index is 12.9. The molecule has 0 saturated carbocycles. The van der Waals surface area contributed by atoms with Crippen LogP contribution in [0.4, 0.5) is 0 Å². The molecule has 1 aliphatic rings. The molecule has 3 rings (SSSR count). The van der Waals surface area contributed by atoms with Crippen LogP contribution in [-0.2, 0) is 14.8 Å². The van der Waals surface area contributed by atoms with Gasteiger partial charge in [0.1, 0.15) is 4.21 Å². The minimum Gasteiger partial charge on any atom is -0.369 e. The zero-order valence-corrected chi connectivity index (χ0v) is 16.9. The van der Waals surface area contributed by atoms with Gasteiger partial charge in [0.15, 0.2) is 0 Å². The molecule has 27 heavy (non-hydrogen) atoms. The topological polar surface area (TPSA) is 101 Å². The number of amides is 2. The Hall–Kier alpha value is -1.88. The molecule has 2 amide bonds. The van der Waals surface area contributed by atoms with Crippen LogP contribution < -0.4 is 5.73 Å². The minimum atomic E-state index is -3.50. The molecule has 0 unspecified atom stereocenters. The number of sulfonamides is 1. The lowest BCUT2D eigenvalue weighted by molar-refractivity contribution is -0.115. The van der Waals surface area contributed by atoms with Crippen LogP contribution in [0.1, 0.15) is 10.4 Å². The van der Waals surface area contributed by atoms with E-state index in [0.717, 1.165) is 0 Å². The van der Waals surface area contributed by atoms with Gasteiger partial charge >= 0.3 is 0 Å². The summed E-state index contributed by atoms with van der Waals surface area (Å²) in [5.41, 5.74) is 5.69. The Bertz CT molecular complexity index is 921. The second-order valence-corrected chi connectivity index (χ2v) is 10.0. The number of nitrogens with two attached hydrogens (primary N) is 1. The highest BCUT2D eigenvalue weighted by molar-refractivity contribution is 8.00. The highest BCUT2D eigenvalue weighted by Gasteiger charge is 2.31. The fourth-order valence-electron chi connectivity index (χ4n) is 2.76. The van der Waals surface area contributed by atoms with Crippen LogP contribution in [0, 0.1) is 0 Å². The SMILES string of the molecule is NC(=O)CSc1ccccc1C(=O)N1CCN(S(=O)(=O)c2cccs2)CC1. The van der Waals surface area contributed by atoms with Crippen molar-refractivity contribution in [3.05, 3.63) is 47.3 Å². The molecular formula is C17H19N3O4S3. The van der Waals surface area contributed by atoms with Crippen LogP contribution >= 0.6 is 23.1 Å². The van der Waals surface area contributed by atoms with Gasteiger partial charge in [0.25, 0.3) is 15.9 Å². The predicted octanol–water partition coefficient (Wildman–Crippen LogP) is 1.47. The molecule has 1 aromatic heterocycles. The summed E-state index contributed by atoms with van der Waals surface area (Å²) in [4.78, 5) is 26.2. The lowest BCUT2D eigenvalue weighted by atomic mass is 10.2. The van der Waals surface area contributed by atoms with Gasteiger partial charge in [0.2, 0.25) is 5.91 Å². The molecule has 144 valence electrons. The highest BCUT2D eigenvalue weighted by atomic mass is 32.2. The van der Waals surface area contributed by atoms with Crippen molar-refractivity contribution in [2.75, 3.05) is 31.9 Å². The van der Waals surface area contributed by atoms with Crippen molar-refractivity contribution in [2.45, 2.75) is 9.10 Å². The van der Waals surface area contributed by atoms with Crippen molar-refractivity contribution in [3.8, 4) is 0 Å². The Kier molecular flexibility index (Phi) is 6.20. The summed E-state index contributed by atoms with van der Waals surface area (Å²) in [5, 5.41) is 1.73. The first-order valence-electron chi connectivity index (χ1n) is 8.22. The molecule has 2 N–H and O–H groups in total. The zero-order valence-electron chi connectivity index (χ0n) is 14.4. The Morgan fingerprint density at radius 3 is 2.41 bits per heavy atom. The molecule has 0 atom stereocenters. The van der Waals surface area contributed by atoms with Gasteiger partial charge in [-0.2, -0.15) is 4.31 Å². The van der Waals surface area contributed by atoms with E-state index < -0.39 is 15.9 Å². The van der Waals surface area contributed by atoms with E-state index >= 15 is 0 Å². The number of primary amides is 1. The van der Waals surface area contributed by atoms with E-state index in [1.165, 1.54) is 27.4 Å². The fourth-order valence-corrected chi connectivity index (χ4v) is 6.11. The standard InChI is InChI=1S/C17H19N3O4S3/c18-15(21)12-26-14-5-2-1-4-13(14)17(22)19-7-9-20(10-8-19)27(23,24)16-6-3-11-25-16/h1-6,11H,7-10,12H2,(H2,18,21). The Labute approximate surface area is 166 Å². The van der Waals surface area contributed by atoms with E-state index in [1.54, 1.807) is 46.7 Å². The van der Waals surface area contributed by atoms with E-state index in [0.29, 0.717) is 27.8 Å². The average molecular weight is 426 g/mol. The van der Waals surface area contributed by atoms with Crippen LogP contribution in [0.5, 0.6) is 0 Å². The number of hydrogen-bond donors (Lipinski definition) is 1. The number of thiophene rings is 1. The second-order valence-electron chi connectivity index (χ2n) is 5.88. The van der Waals surface area contributed by atoms with Crippen molar-refractivity contribution in [3.63, 3.8) is 0 Å². The Morgan fingerprint density at radius 2 is 1.78 bits per heavy atom. The summed E-state index contributed by atoms with van der Waals surface area (Å²) in [5.74, 6) is -0.526. The van der Waals surface area contributed by atoms with Gasteiger partial charge in [-0.3, -0.25) is 9.59 Å². The molecule has 0 aliphatic carbocycles. The van der Waals surface area contributed by atoms with Gasteiger partial charge in [0, 0.05) is 31.1 Å². The maximum Gasteiger partial charge on any atom is 0.255 e. The first-order chi connectivity index (χ1) is 12.9. The summed E-state index contributed by atoms with van der Waals surface area (Å²) >= 11 is 2.41. The number of hydrogen-bond acceptors (Lipinski definition) is 6. The predicted molar refractivity (Wildman–Crippen MR) is 105 cm³/mol. The molecule has 0 bridgehead atoms. The second kappa shape index (κ2) is 8.42. The molecule has 1 saturated heterocycles. The molecule has 2 heterocycles. The van der Waals surface area contributed by atoms with E-state index in [2.05, 4.69) is 0 Å². The van der Waals surface area contributed by atoms with E-state index in [9.17, 15) is 18.0 Å². The third-order valence-electron chi connectivity index (χ3n) is 4.10. The quantitative estimate of drug-likeness (QED) is 0.707. The van der Waals surface area contributed by atoms with Crippen molar-refractivity contribution in [2.24, 2.45) is 5.73 Å². The van der Waals surface area contributed by atoms with Crippen LogP contribution in [0.3, 0.4) is 0 Å². The first kappa shape index (κ1) is 19.9. The van der Waals surface area contributed by atoms with Gasteiger partial charge in [-0.25, -0.2) is 8.42 Å². The van der Waals surface area contributed by atoms with Crippen LogP contribution in [0.25, 0.3) is 0 Å². The first-order valence-corrected chi connectivity index (χ1v) is 11.5. The maximum absolute atomic E-state index is 12.9.